The maximum atomic E-state index is 11.7. The summed E-state index contributed by atoms with van der Waals surface area (Å²) in [6.45, 7) is 1.000. The molecular weight excluding hydrogens is 314 g/mol. The van der Waals surface area contributed by atoms with Gasteiger partial charge in [0.05, 0.1) is 11.5 Å². The zero-order valence-corrected chi connectivity index (χ0v) is 11.8. The van der Waals surface area contributed by atoms with Gasteiger partial charge in [-0.05, 0) is 37.4 Å². The molecule has 0 atom stereocenters. The van der Waals surface area contributed by atoms with E-state index in [1.165, 1.54) is 25.0 Å². The first-order valence-corrected chi connectivity index (χ1v) is 6.80. The molecule has 1 aromatic carbocycles. The van der Waals surface area contributed by atoms with Gasteiger partial charge in [-0.3, -0.25) is 14.9 Å². The fourth-order valence-corrected chi connectivity index (χ4v) is 2.02. The predicted molar refractivity (Wildman–Crippen MR) is 75.0 cm³/mol. The van der Waals surface area contributed by atoms with E-state index in [0.717, 1.165) is 6.54 Å². The molecule has 1 aliphatic carbocycles. The molecule has 1 aliphatic rings. The zero-order chi connectivity index (χ0) is 13.8. The third-order valence-electron chi connectivity index (χ3n) is 2.85. The highest BCUT2D eigenvalue weighted by atomic mass is 79.9. The maximum Gasteiger partial charge on any atom is 0.293 e. The van der Waals surface area contributed by atoms with Gasteiger partial charge in [0.25, 0.3) is 5.69 Å². The molecule has 1 amide bonds. The van der Waals surface area contributed by atoms with E-state index in [2.05, 4.69) is 26.6 Å². The minimum Gasteiger partial charge on any atom is -0.319 e. The van der Waals surface area contributed by atoms with Crippen molar-refractivity contribution >= 4 is 33.2 Å². The standard InChI is InChI=1S/C12H14BrN3O3/c13-9-3-4-10(11(5-9)16(18)19)15-12(17)7-14-6-8-1-2-8/h3-5,8,14H,1-2,6-7H2,(H,15,17). The number of halogens is 1. The topological polar surface area (TPSA) is 84.3 Å². The number of benzene rings is 1. The summed E-state index contributed by atoms with van der Waals surface area (Å²) in [5, 5.41) is 16.5. The van der Waals surface area contributed by atoms with Crippen LogP contribution in [0.15, 0.2) is 22.7 Å². The Morgan fingerprint density at radius 2 is 2.21 bits per heavy atom. The second-order valence-corrected chi connectivity index (χ2v) is 5.46. The molecular formula is C12H14BrN3O3. The first-order valence-electron chi connectivity index (χ1n) is 6.01. The van der Waals surface area contributed by atoms with Gasteiger partial charge in [-0.1, -0.05) is 15.9 Å². The molecule has 1 saturated carbocycles. The van der Waals surface area contributed by atoms with E-state index < -0.39 is 4.92 Å². The molecule has 2 rings (SSSR count). The van der Waals surface area contributed by atoms with Crippen molar-refractivity contribution in [3.05, 3.63) is 32.8 Å². The van der Waals surface area contributed by atoms with Crippen LogP contribution < -0.4 is 10.6 Å². The molecule has 0 aliphatic heterocycles. The molecule has 102 valence electrons. The van der Waals surface area contributed by atoms with Gasteiger partial charge < -0.3 is 10.6 Å². The number of rotatable bonds is 6. The van der Waals surface area contributed by atoms with E-state index in [4.69, 9.17) is 0 Å². The number of amides is 1. The number of hydrogen-bond donors (Lipinski definition) is 2. The fourth-order valence-electron chi connectivity index (χ4n) is 1.67. The lowest BCUT2D eigenvalue weighted by Gasteiger charge is -2.07. The molecule has 0 radical (unpaired) electrons. The van der Waals surface area contributed by atoms with Crippen molar-refractivity contribution in [2.45, 2.75) is 12.8 Å². The lowest BCUT2D eigenvalue weighted by atomic mass is 10.2. The summed E-state index contributed by atoms with van der Waals surface area (Å²) in [5.74, 6) is 0.417. The van der Waals surface area contributed by atoms with Crippen LogP contribution in [0, 0.1) is 16.0 Å². The van der Waals surface area contributed by atoms with Crippen LogP contribution in [-0.2, 0) is 4.79 Å². The number of nitrogens with zero attached hydrogens (tertiary/aromatic N) is 1. The molecule has 6 nitrogen and oxygen atoms in total. The average Bonchev–Trinajstić information content (AvgIpc) is 3.15. The van der Waals surface area contributed by atoms with E-state index in [9.17, 15) is 14.9 Å². The molecule has 2 N–H and O–H groups in total. The van der Waals surface area contributed by atoms with Crippen LogP contribution >= 0.6 is 15.9 Å². The minimum atomic E-state index is -0.516. The van der Waals surface area contributed by atoms with Crippen LogP contribution in [0.4, 0.5) is 11.4 Å². The van der Waals surface area contributed by atoms with Crippen molar-refractivity contribution in [2.75, 3.05) is 18.4 Å². The second-order valence-electron chi connectivity index (χ2n) is 4.54. The number of hydrogen-bond acceptors (Lipinski definition) is 4. The van der Waals surface area contributed by atoms with Gasteiger partial charge in [0.1, 0.15) is 5.69 Å². The van der Waals surface area contributed by atoms with Gasteiger partial charge in [0, 0.05) is 10.5 Å². The normalized spacial score (nSPS) is 14.2. The van der Waals surface area contributed by atoms with Gasteiger partial charge >= 0.3 is 0 Å². The highest BCUT2D eigenvalue weighted by Crippen LogP contribution is 2.28. The van der Waals surface area contributed by atoms with Crippen molar-refractivity contribution in [1.82, 2.24) is 5.32 Å². The smallest absolute Gasteiger partial charge is 0.293 e. The maximum absolute atomic E-state index is 11.7. The van der Waals surface area contributed by atoms with Crippen molar-refractivity contribution in [3.63, 3.8) is 0 Å². The zero-order valence-electron chi connectivity index (χ0n) is 10.2. The van der Waals surface area contributed by atoms with Crippen molar-refractivity contribution in [3.8, 4) is 0 Å². The lowest BCUT2D eigenvalue weighted by molar-refractivity contribution is -0.384. The van der Waals surface area contributed by atoms with Crippen molar-refractivity contribution in [2.24, 2.45) is 5.92 Å². The van der Waals surface area contributed by atoms with Crippen LogP contribution in [0.25, 0.3) is 0 Å². The summed E-state index contributed by atoms with van der Waals surface area (Å²) < 4.78 is 0.601. The molecule has 7 heteroatoms. The van der Waals surface area contributed by atoms with Crippen LogP contribution in [0.5, 0.6) is 0 Å². The third kappa shape index (κ3) is 4.29. The van der Waals surface area contributed by atoms with Crippen LogP contribution in [0.3, 0.4) is 0 Å². The minimum absolute atomic E-state index is 0.120. The van der Waals surface area contributed by atoms with Gasteiger partial charge in [-0.2, -0.15) is 0 Å². The molecule has 19 heavy (non-hydrogen) atoms. The summed E-state index contributed by atoms with van der Waals surface area (Å²) in [5.41, 5.74) is 0.0938. The van der Waals surface area contributed by atoms with Gasteiger partial charge in [-0.15, -0.1) is 0 Å². The Labute approximate surface area is 118 Å². The Morgan fingerprint density at radius 1 is 1.47 bits per heavy atom. The van der Waals surface area contributed by atoms with E-state index in [0.29, 0.717) is 10.4 Å². The Hall–Kier alpha value is -1.47. The summed E-state index contributed by atoms with van der Waals surface area (Å²) in [4.78, 5) is 22.0. The number of carbonyl (C=O) groups excluding carboxylic acids is 1. The van der Waals surface area contributed by atoms with E-state index >= 15 is 0 Å². The number of carbonyl (C=O) groups is 1. The number of anilines is 1. The van der Waals surface area contributed by atoms with Gasteiger partial charge in [-0.25, -0.2) is 0 Å². The Bertz CT molecular complexity index is 503. The molecule has 0 spiro atoms. The average molecular weight is 328 g/mol. The Morgan fingerprint density at radius 3 is 2.84 bits per heavy atom. The quantitative estimate of drug-likeness (QED) is 0.620. The summed E-state index contributed by atoms with van der Waals surface area (Å²) in [7, 11) is 0. The van der Waals surface area contributed by atoms with E-state index in [-0.39, 0.29) is 23.8 Å². The van der Waals surface area contributed by atoms with Gasteiger partial charge in [0.2, 0.25) is 5.91 Å². The third-order valence-corrected chi connectivity index (χ3v) is 3.34. The van der Waals surface area contributed by atoms with E-state index in [1.54, 1.807) is 6.07 Å². The van der Waals surface area contributed by atoms with Crippen LogP contribution in [0.2, 0.25) is 0 Å². The van der Waals surface area contributed by atoms with Crippen molar-refractivity contribution < 1.29 is 9.72 Å². The number of nitrogens with one attached hydrogen (secondary N) is 2. The van der Waals surface area contributed by atoms with Crippen molar-refractivity contribution in [1.29, 1.82) is 0 Å². The molecule has 0 unspecified atom stereocenters. The SMILES string of the molecule is O=C(CNCC1CC1)Nc1ccc(Br)cc1[N+](=O)[O-]. The summed E-state index contributed by atoms with van der Waals surface area (Å²) in [6.07, 6.45) is 2.43. The summed E-state index contributed by atoms with van der Waals surface area (Å²) >= 11 is 3.17. The lowest BCUT2D eigenvalue weighted by Crippen LogP contribution is -2.29. The van der Waals surface area contributed by atoms with E-state index in [1.807, 2.05) is 0 Å². The molecule has 1 aromatic rings. The first kappa shape index (κ1) is 14.0. The molecule has 0 saturated heterocycles. The Balaban J connectivity index is 1.93. The summed E-state index contributed by atoms with van der Waals surface area (Å²) in [6, 6.07) is 4.54. The molecule has 0 aromatic heterocycles. The predicted octanol–water partition coefficient (Wildman–Crippen LogP) is 2.30. The monoisotopic (exact) mass is 327 g/mol. The second kappa shape index (κ2) is 6.12. The fraction of sp³-hybridized carbons (Fsp3) is 0.417. The highest BCUT2D eigenvalue weighted by molar-refractivity contribution is 9.10. The van der Waals surface area contributed by atoms with Gasteiger partial charge in [0.15, 0.2) is 0 Å². The molecule has 0 heterocycles. The Kier molecular flexibility index (Phi) is 4.49. The molecule has 1 fully saturated rings. The number of nitro benzene ring substituents is 1. The van der Waals surface area contributed by atoms with Crippen LogP contribution in [-0.4, -0.2) is 23.9 Å². The largest absolute Gasteiger partial charge is 0.319 e. The van der Waals surface area contributed by atoms with Crippen LogP contribution in [0.1, 0.15) is 12.8 Å². The number of nitro groups is 1. The highest BCUT2D eigenvalue weighted by Gasteiger charge is 2.21. The molecule has 0 bridgehead atoms. The first-order chi connectivity index (χ1) is 9.06.